The third kappa shape index (κ3) is 7.00. The summed E-state index contributed by atoms with van der Waals surface area (Å²) in [7, 11) is 0. The summed E-state index contributed by atoms with van der Waals surface area (Å²) >= 11 is 6.43. The van der Waals surface area contributed by atoms with Crippen molar-refractivity contribution in [3.63, 3.8) is 0 Å². The molecule has 3 N–H and O–H groups in total. The molecular formula is C36H37ClF5N9O3. The number of rotatable bonds is 11. The van der Waals surface area contributed by atoms with Gasteiger partial charge in [0.1, 0.15) is 24.0 Å². The van der Waals surface area contributed by atoms with Crippen molar-refractivity contribution in [3.8, 4) is 16.8 Å². The van der Waals surface area contributed by atoms with Gasteiger partial charge in [0.2, 0.25) is 0 Å². The third-order valence-electron chi connectivity index (χ3n) is 9.86. The molecule has 0 spiro atoms. The Balaban J connectivity index is 1.26. The second-order valence-corrected chi connectivity index (χ2v) is 15.6. The molecule has 12 nitrogen and oxygen atoms in total. The lowest BCUT2D eigenvalue weighted by Crippen LogP contribution is -2.49. The van der Waals surface area contributed by atoms with Gasteiger partial charge >= 0.3 is 12.3 Å². The molecule has 1 aliphatic heterocycles. The van der Waals surface area contributed by atoms with Crippen molar-refractivity contribution in [2.45, 2.75) is 88.6 Å². The van der Waals surface area contributed by atoms with Gasteiger partial charge in [-0.25, -0.2) is 23.2 Å². The SMILES string of the molecule is CC(C)(C)C[C@]1(c2ccc(-c3cnn(C4CC4)c3)cc2)NC(=N)N([C@H](COC(=O)NC2(C(F)(F)F)CC2)c2ccc(Cl)c(-n3ncnc3C(F)F)c2)C1=O. The first-order chi connectivity index (χ1) is 25.4. The minimum Gasteiger partial charge on any atom is -0.447 e. The molecule has 18 heteroatoms. The number of hydrogen-bond donors (Lipinski definition) is 3. The Bertz CT molecular complexity index is 2090. The monoisotopic (exact) mass is 773 g/mol. The molecule has 0 bridgehead atoms. The van der Waals surface area contributed by atoms with Crippen LogP contribution >= 0.6 is 11.6 Å². The number of carbonyl (C=O) groups excluding carboxylic acids is 2. The summed E-state index contributed by atoms with van der Waals surface area (Å²) < 4.78 is 76.8. The summed E-state index contributed by atoms with van der Waals surface area (Å²) in [4.78, 5) is 32.5. The van der Waals surface area contributed by atoms with Crippen LogP contribution in [0.4, 0.5) is 26.7 Å². The average molecular weight is 774 g/mol. The van der Waals surface area contributed by atoms with Crippen molar-refractivity contribution in [1.29, 1.82) is 5.41 Å². The Kier molecular flexibility index (Phi) is 9.21. The summed E-state index contributed by atoms with van der Waals surface area (Å²) in [5.74, 6) is -1.71. The molecule has 4 aromatic rings. The molecule has 2 aliphatic carbocycles. The molecule has 2 saturated carbocycles. The molecule has 2 aromatic carbocycles. The van der Waals surface area contributed by atoms with Crippen LogP contribution in [0.15, 0.2) is 61.2 Å². The van der Waals surface area contributed by atoms with E-state index in [-0.39, 0.29) is 41.5 Å². The van der Waals surface area contributed by atoms with Gasteiger partial charge in [0.05, 0.1) is 29.0 Å². The fraction of sp³-hybridized carbons (Fsp3) is 0.444. The van der Waals surface area contributed by atoms with Gasteiger partial charge in [-0.2, -0.15) is 23.4 Å². The quantitative estimate of drug-likeness (QED) is 0.133. The summed E-state index contributed by atoms with van der Waals surface area (Å²) in [6, 6.07) is 10.5. The second-order valence-electron chi connectivity index (χ2n) is 15.2. The fourth-order valence-electron chi connectivity index (χ4n) is 6.90. The average Bonchev–Trinajstić information content (AvgIpc) is 3.97. The fourth-order valence-corrected chi connectivity index (χ4v) is 7.10. The Morgan fingerprint density at radius 2 is 1.80 bits per heavy atom. The zero-order valence-electron chi connectivity index (χ0n) is 29.4. The van der Waals surface area contributed by atoms with Gasteiger partial charge in [-0.3, -0.25) is 19.8 Å². The Labute approximate surface area is 311 Å². The van der Waals surface area contributed by atoms with E-state index >= 15 is 0 Å². The third-order valence-corrected chi connectivity index (χ3v) is 10.2. The predicted molar refractivity (Wildman–Crippen MR) is 186 cm³/mol. The van der Waals surface area contributed by atoms with Crippen LogP contribution in [0.3, 0.4) is 0 Å². The van der Waals surface area contributed by atoms with E-state index in [1.807, 2.05) is 49.1 Å². The highest BCUT2D eigenvalue weighted by Gasteiger charge is 2.64. The normalized spacial score (nSPS) is 20.3. The molecule has 2 atom stereocenters. The van der Waals surface area contributed by atoms with E-state index in [1.165, 1.54) is 18.2 Å². The van der Waals surface area contributed by atoms with Crippen LogP contribution in [0, 0.1) is 10.8 Å². The molecule has 0 unspecified atom stereocenters. The number of carbonyl (C=O) groups is 2. The Hall–Kier alpha value is -5.06. The van der Waals surface area contributed by atoms with Gasteiger partial charge in [0.15, 0.2) is 11.8 Å². The number of amides is 2. The standard InChI is InChI=1S/C36H37ClF5N9O3/c1-33(2,3)18-35(23-7-4-20(5-8-23)22-15-45-49(16-22)24-9-10-24)30(52)50(31(43)47-35)27(17-54-32(53)48-34(12-13-34)36(40,41)42)21-6-11-25(37)26(14-21)51-29(28(38)39)44-19-46-51/h4-8,11,14-16,19,24,27-28H,9-10,12-13,17-18H2,1-3H3,(H2,43,47)(H,48,53)/t27-,35-/m1/s1. The molecule has 2 aromatic heterocycles. The van der Waals surface area contributed by atoms with Crippen LogP contribution < -0.4 is 10.6 Å². The number of guanidine groups is 1. The molecule has 2 amide bonds. The van der Waals surface area contributed by atoms with E-state index in [1.54, 1.807) is 18.3 Å². The van der Waals surface area contributed by atoms with Crippen LogP contribution in [0.5, 0.6) is 0 Å². The van der Waals surface area contributed by atoms with Crippen molar-refractivity contribution in [2.24, 2.45) is 5.41 Å². The first-order valence-corrected chi connectivity index (χ1v) is 17.6. The van der Waals surface area contributed by atoms with E-state index in [4.69, 9.17) is 21.7 Å². The van der Waals surface area contributed by atoms with Gasteiger partial charge in [0.25, 0.3) is 12.3 Å². The molecule has 3 heterocycles. The number of nitrogens with one attached hydrogen (secondary N) is 3. The van der Waals surface area contributed by atoms with Crippen LogP contribution in [-0.4, -0.2) is 65.7 Å². The lowest BCUT2D eigenvalue weighted by molar-refractivity contribution is -0.164. The van der Waals surface area contributed by atoms with Crippen molar-refractivity contribution in [2.75, 3.05) is 6.61 Å². The maximum atomic E-state index is 15.0. The minimum atomic E-state index is -4.71. The van der Waals surface area contributed by atoms with Gasteiger partial charge in [-0.1, -0.05) is 62.7 Å². The number of alkyl carbamates (subject to hydrolysis) is 1. The van der Waals surface area contributed by atoms with Crippen LogP contribution in [0.1, 0.15) is 88.3 Å². The number of alkyl halides is 5. The van der Waals surface area contributed by atoms with E-state index in [9.17, 15) is 31.5 Å². The van der Waals surface area contributed by atoms with Gasteiger partial charge in [-0.05, 0) is 66.3 Å². The number of halogens is 6. The lowest BCUT2D eigenvalue weighted by Gasteiger charge is -2.35. The van der Waals surface area contributed by atoms with Gasteiger partial charge < -0.3 is 15.4 Å². The number of benzene rings is 2. The molecule has 3 fully saturated rings. The van der Waals surface area contributed by atoms with Crippen LogP contribution in [-0.2, 0) is 15.1 Å². The van der Waals surface area contributed by atoms with E-state index in [0.717, 1.165) is 39.9 Å². The Morgan fingerprint density at radius 1 is 1.09 bits per heavy atom. The smallest absolute Gasteiger partial charge is 0.411 e. The molecule has 7 rings (SSSR count). The summed E-state index contributed by atoms with van der Waals surface area (Å²) in [6.07, 6.45) is -2.77. The summed E-state index contributed by atoms with van der Waals surface area (Å²) in [6.45, 7) is 5.07. The first-order valence-electron chi connectivity index (χ1n) is 17.3. The predicted octanol–water partition coefficient (Wildman–Crippen LogP) is 7.62. The molecular weight excluding hydrogens is 737 g/mol. The zero-order chi connectivity index (χ0) is 38.8. The molecule has 54 heavy (non-hydrogen) atoms. The maximum Gasteiger partial charge on any atom is 0.411 e. The zero-order valence-corrected chi connectivity index (χ0v) is 30.2. The van der Waals surface area contributed by atoms with E-state index < -0.39 is 59.6 Å². The number of hydrogen-bond acceptors (Lipinski definition) is 7. The van der Waals surface area contributed by atoms with Gasteiger partial charge in [0, 0.05) is 11.8 Å². The van der Waals surface area contributed by atoms with Crippen molar-refractivity contribution in [3.05, 3.63) is 83.2 Å². The van der Waals surface area contributed by atoms with Crippen LogP contribution in [0.2, 0.25) is 5.02 Å². The molecule has 286 valence electrons. The van der Waals surface area contributed by atoms with Crippen molar-refractivity contribution < 1.29 is 36.3 Å². The molecule has 3 aliphatic rings. The van der Waals surface area contributed by atoms with Crippen molar-refractivity contribution in [1.82, 2.24) is 40.1 Å². The van der Waals surface area contributed by atoms with E-state index in [2.05, 4.69) is 20.5 Å². The first kappa shape index (κ1) is 37.3. The largest absolute Gasteiger partial charge is 0.447 e. The minimum absolute atomic E-state index is 0.0183. The maximum absolute atomic E-state index is 15.0. The van der Waals surface area contributed by atoms with Crippen LogP contribution in [0.25, 0.3) is 16.8 Å². The summed E-state index contributed by atoms with van der Waals surface area (Å²) in [5, 5.41) is 22.5. The molecule has 1 saturated heterocycles. The van der Waals surface area contributed by atoms with Gasteiger partial charge in [-0.15, -0.1) is 0 Å². The highest BCUT2D eigenvalue weighted by atomic mass is 35.5. The number of aromatic nitrogens is 5. The van der Waals surface area contributed by atoms with Crippen molar-refractivity contribution >= 4 is 29.6 Å². The topological polar surface area (TPSA) is 143 Å². The second kappa shape index (κ2) is 13.4. The Morgan fingerprint density at radius 3 is 2.41 bits per heavy atom. The summed E-state index contributed by atoms with van der Waals surface area (Å²) in [5.41, 5.74) is -2.03. The molecule has 0 radical (unpaired) electrons. The number of nitrogens with zero attached hydrogens (tertiary/aromatic N) is 6. The highest BCUT2D eigenvalue weighted by molar-refractivity contribution is 6.32. The van der Waals surface area contributed by atoms with E-state index in [0.29, 0.717) is 11.6 Å². The lowest BCUT2D eigenvalue weighted by atomic mass is 9.75. The number of ether oxygens (including phenoxy) is 1. The highest BCUT2D eigenvalue weighted by Crippen LogP contribution is 2.49.